The molecule has 18 heavy (non-hydrogen) atoms. The number of methoxy groups -OCH3 is 1. The van der Waals surface area contributed by atoms with E-state index >= 15 is 0 Å². The number of carbonyl (C=O) groups is 1. The molecule has 0 atom stereocenters. The number of hydrogen-bond donors (Lipinski definition) is 0. The summed E-state index contributed by atoms with van der Waals surface area (Å²) in [7, 11) is 3.64. The number of carbonyl (C=O) groups excluding carboxylic acids is 1. The van der Waals surface area contributed by atoms with Crippen LogP contribution >= 0.6 is 0 Å². The molecular formula is C15H23NO2. The molecule has 100 valence electrons. The summed E-state index contributed by atoms with van der Waals surface area (Å²) in [6, 6.07) is 7.84. The van der Waals surface area contributed by atoms with E-state index < -0.39 is 0 Å². The monoisotopic (exact) mass is 249 g/mol. The Labute approximate surface area is 110 Å². The maximum atomic E-state index is 11.9. The van der Waals surface area contributed by atoms with Crippen molar-refractivity contribution in [1.82, 2.24) is 0 Å². The van der Waals surface area contributed by atoms with Gasteiger partial charge < -0.3 is 9.64 Å². The van der Waals surface area contributed by atoms with Crippen molar-refractivity contribution >= 4 is 11.5 Å². The molecule has 0 saturated carbocycles. The molecule has 3 nitrogen and oxygen atoms in total. The third-order valence-electron chi connectivity index (χ3n) is 3.01. The Bertz CT molecular complexity index is 407. The van der Waals surface area contributed by atoms with Gasteiger partial charge in [0, 0.05) is 25.4 Å². The van der Waals surface area contributed by atoms with Crippen molar-refractivity contribution in [3.8, 4) is 5.75 Å². The Morgan fingerprint density at radius 1 is 1.28 bits per heavy atom. The zero-order valence-electron chi connectivity index (χ0n) is 12.0. The number of benzene rings is 1. The van der Waals surface area contributed by atoms with Crippen molar-refractivity contribution in [2.75, 3.05) is 25.6 Å². The van der Waals surface area contributed by atoms with Crippen LogP contribution in [0.1, 0.15) is 27.2 Å². The van der Waals surface area contributed by atoms with Crippen LogP contribution < -0.4 is 9.64 Å². The summed E-state index contributed by atoms with van der Waals surface area (Å²) in [6.07, 6.45) is 0.554. The first-order chi connectivity index (χ1) is 8.36. The highest BCUT2D eigenvalue weighted by Gasteiger charge is 2.21. The van der Waals surface area contributed by atoms with Gasteiger partial charge in [0.2, 0.25) is 0 Å². The van der Waals surface area contributed by atoms with Crippen LogP contribution in [0.5, 0.6) is 5.75 Å². The van der Waals surface area contributed by atoms with E-state index in [1.165, 1.54) is 0 Å². The van der Waals surface area contributed by atoms with Crippen molar-refractivity contribution < 1.29 is 9.53 Å². The maximum Gasteiger partial charge on any atom is 0.142 e. The summed E-state index contributed by atoms with van der Waals surface area (Å²) >= 11 is 0. The first-order valence-corrected chi connectivity index (χ1v) is 6.23. The fraction of sp³-hybridized carbons (Fsp3) is 0.533. The van der Waals surface area contributed by atoms with E-state index in [-0.39, 0.29) is 11.2 Å². The number of rotatable bonds is 5. The van der Waals surface area contributed by atoms with Crippen LogP contribution in [0, 0.1) is 5.41 Å². The number of nitrogens with zero attached hydrogens (tertiary/aromatic N) is 1. The third-order valence-corrected chi connectivity index (χ3v) is 3.01. The fourth-order valence-electron chi connectivity index (χ4n) is 1.71. The van der Waals surface area contributed by atoms with Gasteiger partial charge in [0.25, 0.3) is 0 Å². The van der Waals surface area contributed by atoms with Crippen LogP contribution in [-0.4, -0.2) is 26.5 Å². The molecule has 0 aliphatic carbocycles. The van der Waals surface area contributed by atoms with Gasteiger partial charge in [-0.2, -0.15) is 0 Å². The quantitative estimate of drug-likeness (QED) is 0.803. The summed E-state index contributed by atoms with van der Waals surface area (Å²) in [5, 5.41) is 0. The van der Waals surface area contributed by atoms with Crippen molar-refractivity contribution in [1.29, 1.82) is 0 Å². The Morgan fingerprint density at radius 2 is 1.89 bits per heavy atom. The summed E-state index contributed by atoms with van der Waals surface area (Å²) in [5.74, 6) is 1.12. The van der Waals surface area contributed by atoms with Crippen molar-refractivity contribution in [2.45, 2.75) is 27.2 Å². The number of para-hydroxylation sites is 2. The number of Topliss-reactive ketones (excluding diaryl/α,β-unsaturated/α-hetero) is 1. The van der Waals surface area contributed by atoms with Crippen LogP contribution in [0.15, 0.2) is 24.3 Å². The summed E-state index contributed by atoms with van der Waals surface area (Å²) in [5.41, 5.74) is 0.753. The van der Waals surface area contributed by atoms with Gasteiger partial charge in [0.05, 0.1) is 12.8 Å². The SMILES string of the molecule is COc1ccccc1N(C)CCC(=O)C(C)(C)C. The Hall–Kier alpha value is -1.51. The lowest BCUT2D eigenvalue weighted by molar-refractivity contribution is -0.126. The molecule has 0 aliphatic rings. The van der Waals surface area contributed by atoms with Gasteiger partial charge in [-0.05, 0) is 12.1 Å². The molecule has 3 heteroatoms. The van der Waals surface area contributed by atoms with Gasteiger partial charge in [-0.1, -0.05) is 32.9 Å². The normalized spacial score (nSPS) is 11.2. The molecule has 1 aromatic carbocycles. The predicted octanol–water partition coefficient (Wildman–Crippen LogP) is 3.14. The Kier molecular flexibility index (Phi) is 4.76. The van der Waals surface area contributed by atoms with E-state index in [9.17, 15) is 4.79 Å². The molecule has 0 aliphatic heterocycles. The first kappa shape index (κ1) is 14.6. The maximum absolute atomic E-state index is 11.9. The second kappa shape index (κ2) is 5.89. The topological polar surface area (TPSA) is 29.5 Å². The van der Waals surface area contributed by atoms with E-state index in [1.54, 1.807) is 7.11 Å². The molecule has 0 radical (unpaired) electrons. The highest BCUT2D eigenvalue weighted by Crippen LogP contribution is 2.27. The van der Waals surface area contributed by atoms with E-state index in [0.29, 0.717) is 13.0 Å². The average Bonchev–Trinajstić information content (AvgIpc) is 2.34. The third kappa shape index (κ3) is 3.76. The van der Waals surface area contributed by atoms with Gasteiger partial charge in [0.1, 0.15) is 11.5 Å². The molecule has 0 bridgehead atoms. The fourth-order valence-corrected chi connectivity index (χ4v) is 1.71. The van der Waals surface area contributed by atoms with Gasteiger partial charge >= 0.3 is 0 Å². The van der Waals surface area contributed by atoms with Crippen LogP contribution in [0.4, 0.5) is 5.69 Å². The van der Waals surface area contributed by atoms with Crippen LogP contribution in [0.3, 0.4) is 0 Å². The second-order valence-corrected chi connectivity index (χ2v) is 5.52. The molecule has 0 heterocycles. The largest absolute Gasteiger partial charge is 0.495 e. The second-order valence-electron chi connectivity index (χ2n) is 5.52. The highest BCUT2D eigenvalue weighted by atomic mass is 16.5. The minimum Gasteiger partial charge on any atom is -0.495 e. The van der Waals surface area contributed by atoms with E-state index in [1.807, 2.05) is 52.1 Å². The van der Waals surface area contributed by atoms with Gasteiger partial charge in [-0.3, -0.25) is 4.79 Å². The molecule has 1 aromatic rings. The van der Waals surface area contributed by atoms with Gasteiger partial charge in [-0.15, -0.1) is 0 Å². The molecular weight excluding hydrogens is 226 g/mol. The first-order valence-electron chi connectivity index (χ1n) is 6.23. The van der Waals surface area contributed by atoms with E-state index in [4.69, 9.17) is 4.74 Å². The Balaban J connectivity index is 2.66. The highest BCUT2D eigenvalue weighted by molar-refractivity contribution is 5.84. The summed E-state index contributed by atoms with van der Waals surface area (Å²) < 4.78 is 5.31. The van der Waals surface area contributed by atoms with E-state index in [2.05, 4.69) is 4.90 Å². The molecule has 0 fully saturated rings. The van der Waals surface area contributed by atoms with Crippen molar-refractivity contribution in [3.63, 3.8) is 0 Å². The molecule has 0 saturated heterocycles. The minimum atomic E-state index is -0.262. The number of anilines is 1. The lowest BCUT2D eigenvalue weighted by Gasteiger charge is -2.23. The zero-order chi connectivity index (χ0) is 13.8. The van der Waals surface area contributed by atoms with E-state index in [0.717, 1.165) is 11.4 Å². The van der Waals surface area contributed by atoms with Crippen LogP contribution in [-0.2, 0) is 4.79 Å². The predicted molar refractivity (Wildman–Crippen MR) is 75.3 cm³/mol. The molecule has 0 unspecified atom stereocenters. The minimum absolute atomic E-state index is 0.262. The number of hydrogen-bond acceptors (Lipinski definition) is 3. The van der Waals surface area contributed by atoms with Crippen molar-refractivity contribution in [2.24, 2.45) is 5.41 Å². The van der Waals surface area contributed by atoms with Crippen molar-refractivity contribution in [3.05, 3.63) is 24.3 Å². The van der Waals surface area contributed by atoms with Crippen LogP contribution in [0.2, 0.25) is 0 Å². The van der Waals surface area contributed by atoms with Gasteiger partial charge in [-0.25, -0.2) is 0 Å². The average molecular weight is 249 g/mol. The molecule has 0 amide bonds. The lowest BCUT2D eigenvalue weighted by atomic mass is 9.89. The van der Waals surface area contributed by atoms with Gasteiger partial charge in [0.15, 0.2) is 0 Å². The summed E-state index contributed by atoms with van der Waals surface area (Å²) in [4.78, 5) is 14.0. The standard InChI is InChI=1S/C15H23NO2/c1-15(2,3)14(17)10-11-16(4)12-8-6-7-9-13(12)18-5/h6-9H,10-11H2,1-5H3. The van der Waals surface area contributed by atoms with Crippen LogP contribution in [0.25, 0.3) is 0 Å². The molecule has 1 rings (SSSR count). The number of ether oxygens (including phenoxy) is 1. The molecule has 0 spiro atoms. The molecule has 0 N–H and O–H groups in total. The zero-order valence-corrected chi connectivity index (χ0v) is 12.0. The number of ketones is 1. The smallest absolute Gasteiger partial charge is 0.142 e. The molecule has 0 aromatic heterocycles. The summed E-state index contributed by atoms with van der Waals surface area (Å²) in [6.45, 7) is 6.58. The Morgan fingerprint density at radius 3 is 2.44 bits per heavy atom. The lowest BCUT2D eigenvalue weighted by Crippen LogP contribution is -2.27.